The zero-order valence-electron chi connectivity index (χ0n) is 16.4. The van der Waals surface area contributed by atoms with Crippen LogP contribution in [-0.4, -0.2) is 35.7 Å². The Hall–Kier alpha value is -3.61. The molecular formula is C23H19N3O4. The highest BCUT2D eigenvalue weighted by Crippen LogP contribution is 2.54. The van der Waals surface area contributed by atoms with Crippen LogP contribution in [0, 0.1) is 6.92 Å². The van der Waals surface area contributed by atoms with E-state index in [-0.39, 0.29) is 12.5 Å². The number of ether oxygens (including phenoxy) is 3. The van der Waals surface area contributed by atoms with Gasteiger partial charge >= 0.3 is 0 Å². The summed E-state index contributed by atoms with van der Waals surface area (Å²) in [5.41, 5.74) is 3.18. The second-order valence-corrected chi connectivity index (χ2v) is 7.72. The van der Waals surface area contributed by atoms with Crippen molar-refractivity contribution in [2.24, 2.45) is 0 Å². The molecule has 7 heteroatoms. The minimum atomic E-state index is -0.996. The van der Waals surface area contributed by atoms with Gasteiger partial charge in [-0.25, -0.2) is 0 Å². The van der Waals surface area contributed by atoms with Gasteiger partial charge in [0.2, 0.25) is 5.91 Å². The van der Waals surface area contributed by atoms with E-state index in [1.165, 1.54) is 0 Å². The lowest BCUT2D eigenvalue weighted by Crippen LogP contribution is -2.42. The summed E-state index contributed by atoms with van der Waals surface area (Å²) < 4.78 is 17.5. The Morgan fingerprint density at radius 3 is 2.60 bits per heavy atom. The topological polar surface area (TPSA) is 73.8 Å². The first-order valence-electron chi connectivity index (χ1n) is 9.93. The maximum Gasteiger partial charge on any atom is 0.247 e. The molecule has 5 heterocycles. The monoisotopic (exact) mass is 401 g/mol. The Kier molecular flexibility index (Phi) is 3.56. The molecule has 30 heavy (non-hydrogen) atoms. The van der Waals surface area contributed by atoms with Gasteiger partial charge in [-0.1, -0.05) is 6.07 Å². The van der Waals surface area contributed by atoms with Crippen molar-refractivity contribution in [1.29, 1.82) is 0 Å². The Labute approximate surface area is 173 Å². The van der Waals surface area contributed by atoms with Gasteiger partial charge in [-0.05, 0) is 36.8 Å². The maximum atomic E-state index is 13.9. The number of hydrogen-bond acceptors (Lipinski definition) is 6. The molecule has 6 rings (SSSR count). The standard InChI is InChI=1S/C23H19N3O4/c1-14-4-2-6-24-16(14)12-26-17-5-3-7-25-21(17)23(22(26)27)13-30-18-11-20-19(10-15(18)23)28-8-9-29-20/h2-7,10-11H,8-9,12-13H2,1H3. The first-order chi connectivity index (χ1) is 14.7. The Bertz CT molecular complexity index is 1190. The highest BCUT2D eigenvalue weighted by molar-refractivity contribution is 6.10. The largest absolute Gasteiger partial charge is 0.491 e. The molecule has 1 spiro atoms. The molecule has 150 valence electrons. The van der Waals surface area contributed by atoms with E-state index in [1.807, 2.05) is 43.3 Å². The zero-order chi connectivity index (χ0) is 20.3. The summed E-state index contributed by atoms with van der Waals surface area (Å²) in [7, 11) is 0. The molecule has 7 nitrogen and oxygen atoms in total. The molecule has 2 aromatic heterocycles. The van der Waals surface area contributed by atoms with E-state index in [9.17, 15) is 4.79 Å². The summed E-state index contributed by atoms with van der Waals surface area (Å²) in [4.78, 5) is 24.8. The number of pyridine rings is 2. The number of nitrogens with zero attached hydrogens (tertiary/aromatic N) is 3. The van der Waals surface area contributed by atoms with E-state index in [1.54, 1.807) is 17.3 Å². The third-order valence-electron chi connectivity index (χ3n) is 6.07. The fourth-order valence-electron chi connectivity index (χ4n) is 4.53. The normalized spacial score (nSPS) is 20.8. The number of carbonyl (C=O) groups is 1. The minimum Gasteiger partial charge on any atom is -0.491 e. The molecule has 1 unspecified atom stereocenters. The first kappa shape index (κ1) is 17.3. The summed E-state index contributed by atoms with van der Waals surface area (Å²) in [6.07, 6.45) is 3.47. The third-order valence-corrected chi connectivity index (χ3v) is 6.07. The summed E-state index contributed by atoms with van der Waals surface area (Å²) in [6, 6.07) is 11.4. The molecule has 0 fully saturated rings. The average molecular weight is 401 g/mol. The van der Waals surface area contributed by atoms with Crippen LogP contribution in [0.3, 0.4) is 0 Å². The van der Waals surface area contributed by atoms with Gasteiger partial charge in [0.05, 0.1) is 23.6 Å². The van der Waals surface area contributed by atoms with Gasteiger partial charge in [-0.3, -0.25) is 14.8 Å². The van der Waals surface area contributed by atoms with Gasteiger partial charge < -0.3 is 19.1 Å². The average Bonchev–Trinajstić information content (AvgIpc) is 3.26. The van der Waals surface area contributed by atoms with Crippen molar-refractivity contribution in [2.45, 2.75) is 18.9 Å². The summed E-state index contributed by atoms with van der Waals surface area (Å²) in [5.74, 6) is 1.86. The molecular weight excluding hydrogens is 382 g/mol. The number of hydrogen-bond donors (Lipinski definition) is 0. The SMILES string of the molecule is Cc1cccnc1CN1C(=O)C2(COc3cc4c(cc32)OCCO4)c2ncccc21. The van der Waals surface area contributed by atoms with Crippen LogP contribution in [0.15, 0.2) is 48.8 Å². The smallest absolute Gasteiger partial charge is 0.247 e. The van der Waals surface area contributed by atoms with Crippen molar-refractivity contribution in [3.63, 3.8) is 0 Å². The number of anilines is 1. The van der Waals surface area contributed by atoms with E-state index in [0.29, 0.717) is 42.7 Å². The van der Waals surface area contributed by atoms with E-state index in [0.717, 1.165) is 22.5 Å². The van der Waals surface area contributed by atoms with Crippen LogP contribution in [0.5, 0.6) is 17.2 Å². The molecule has 1 atom stereocenters. The van der Waals surface area contributed by atoms with Gasteiger partial charge in [0.25, 0.3) is 0 Å². The van der Waals surface area contributed by atoms with E-state index < -0.39 is 5.41 Å². The second kappa shape index (κ2) is 6.19. The second-order valence-electron chi connectivity index (χ2n) is 7.72. The predicted molar refractivity (Wildman–Crippen MR) is 108 cm³/mol. The van der Waals surface area contributed by atoms with Crippen molar-refractivity contribution in [3.8, 4) is 17.2 Å². The van der Waals surface area contributed by atoms with Crippen molar-refractivity contribution >= 4 is 11.6 Å². The molecule has 3 aliphatic heterocycles. The highest BCUT2D eigenvalue weighted by Gasteiger charge is 2.58. The Morgan fingerprint density at radius 2 is 1.77 bits per heavy atom. The molecule has 0 N–H and O–H groups in total. The summed E-state index contributed by atoms with van der Waals surface area (Å²) in [5, 5.41) is 0. The van der Waals surface area contributed by atoms with Crippen LogP contribution >= 0.6 is 0 Å². The lowest BCUT2D eigenvalue weighted by atomic mass is 9.79. The fraction of sp³-hybridized carbons (Fsp3) is 0.261. The number of carbonyl (C=O) groups excluding carboxylic acids is 1. The van der Waals surface area contributed by atoms with Crippen molar-refractivity contribution in [1.82, 2.24) is 9.97 Å². The molecule has 3 aromatic rings. The van der Waals surface area contributed by atoms with Gasteiger partial charge in [0.1, 0.15) is 25.6 Å². The minimum absolute atomic E-state index is 0.0586. The van der Waals surface area contributed by atoms with Gasteiger partial charge in [0, 0.05) is 24.0 Å². The zero-order valence-corrected chi connectivity index (χ0v) is 16.4. The van der Waals surface area contributed by atoms with Crippen LogP contribution in [0.2, 0.25) is 0 Å². The van der Waals surface area contributed by atoms with E-state index >= 15 is 0 Å². The molecule has 0 radical (unpaired) electrons. The molecule has 1 aromatic carbocycles. The molecule has 0 aliphatic carbocycles. The molecule has 3 aliphatic rings. The van der Waals surface area contributed by atoms with Crippen molar-refractivity contribution in [2.75, 3.05) is 24.7 Å². The maximum absolute atomic E-state index is 13.9. The quantitative estimate of drug-likeness (QED) is 0.658. The van der Waals surface area contributed by atoms with Crippen LogP contribution in [0.25, 0.3) is 0 Å². The van der Waals surface area contributed by atoms with Crippen molar-refractivity contribution in [3.05, 3.63) is 71.3 Å². The Balaban J connectivity index is 1.50. The van der Waals surface area contributed by atoms with Crippen LogP contribution in [0.4, 0.5) is 5.69 Å². The van der Waals surface area contributed by atoms with Crippen LogP contribution in [0.1, 0.15) is 22.5 Å². The number of amides is 1. The number of benzene rings is 1. The summed E-state index contributed by atoms with van der Waals surface area (Å²) >= 11 is 0. The first-order valence-corrected chi connectivity index (χ1v) is 9.93. The molecule has 0 bridgehead atoms. The molecule has 0 saturated carbocycles. The highest BCUT2D eigenvalue weighted by atomic mass is 16.6. The number of aryl methyl sites for hydroxylation is 1. The predicted octanol–water partition coefficient (Wildman–Crippen LogP) is 2.78. The van der Waals surface area contributed by atoms with Crippen LogP contribution < -0.4 is 19.1 Å². The number of rotatable bonds is 2. The summed E-state index contributed by atoms with van der Waals surface area (Å²) in [6.45, 7) is 3.56. The van der Waals surface area contributed by atoms with Gasteiger partial charge in [0.15, 0.2) is 16.9 Å². The third kappa shape index (κ3) is 2.23. The lowest BCUT2D eigenvalue weighted by Gasteiger charge is -2.24. The van der Waals surface area contributed by atoms with E-state index in [2.05, 4.69) is 9.97 Å². The Morgan fingerprint density at radius 1 is 1.00 bits per heavy atom. The van der Waals surface area contributed by atoms with Gasteiger partial charge in [-0.15, -0.1) is 0 Å². The number of fused-ring (bicyclic) bond motifs is 5. The van der Waals surface area contributed by atoms with Crippen molar-refractivity contribution < 1.29 is 19.0 Å². The fourth-order valence-corrected chi connectivity index (χ4v) is 4.53. The molecule has 1 amide bonds. The lowest BCUT2D eigenvalue weighted by molar-refractivity contribution is -0.122. The van der Waals surface area contributed by atoms with E-state index in [4.69, 9.17) is 14.2 Å². The number of aromatic nitrogens is 2. The van der Waals surface area contributed by atoms with Gasteiger partial charge in [-0.2, -0.15) is 0 Å². The molecule has 0 saturated heterocycles. The van der Waals surface area contributed by atoms with Crippen LogP contribution in [-0.2, 0) is 16.8 Å².